The maximum absolute atomic E-state index is 13.0. The van der Waals surface area contributed by atoms with Gasteiger partial charge in [0, 0.05) is 25.0 Å². The molecule has 2 rings (SSSR count). The second-order valence-corrected chi connectivity index (χ2v) is 6.98. The standard InChI is InChI=1S/C20H25F3N4O2/c1-4-14(2)17(25-18(28)15-8-6-5-7-9-15)19(29)26(3)12-16-24-10-11-27(16)13-20(21,22)23/h5-11,14,17H,4,12-13H2,1-3H3,(H,25,28). The molecule has 0 radical (unpaired) electrons. The number of likely N-dealkylation sites (N-methyl/N-ethyl adjacent to an activating group) is 1. The van der Waals surface area contributed by atoms with Gasteiger partial charge in [-0.15, -0.1) is 0 Å². The highest BCUT2D eigenvalue weighted by molar-refractivity contribution is 5.97. The molecule has 2 amide bonds. The van der Waals surface area contributed by atoms with E-state index in [0.717, 1.165) is 4.57 Å². The Labute approximate surface area is 167 Å². The van der Waals surface area contributed by atoms with Crippen LogP contribution in [0.5, 0.6) is 0 Å². The molecule has 158 valence electrons. The summed E-state index contributed by atoms with van der Waals surface area (Å²) in [5.74, 6) is -0.801. The number of halogens is 3. The fraction of sp³-hybridized carbons (Fsp3) is 0.450. The topological polar surface area (TPSA) is 67.2 Å². The number of hydrogen-bond acceptors (Lipinski definition) is 3. The van der Waals surface area contributed by atoms with Gasteiger partial charge in [0.25, 0.3) is 5.91 Å². The van der Waals surface area contributed by atoms with Gasteiger partial charge in [-0.05, 0) is 18.1 Å². The number of alkyl halides is 3. The molecule has 9 heteroatoms. The number of carbonyl (C=O) groups is 2. The molecular weight excluding hydrogens is 385 g/mol. The lowest BCUT2D eigenvalue weighted by Crippen LogP contribution is -2.50. The van der Waals surface area contributed by atoms with Crippen molar-refractivity contribution in [3.05, 3.63) is 54.1 Å². The predicted molar refractivity (Wildman–Crippen MR) is 102 cm³/mol. The molecule has 0 spiro atoms. The molecule has 0 aliphatic carbocycles. The Bertz CT molecular complexity index is 821. The predicted octanol–water partition coefficient (Wildman–Crippen LogP) is 3.25. The van der Waals surface area contributed by atoms with Gasteiger partial charge in [0.2, 0.25) is 5.91 Å². The molecular formula is C20H25F3N4O2. The van der Waals surface area contributed by atoms with E-state index in [4.69, 9.17) is 0 Å². The van der Waals surface area contributed by atoms with Gasteiger partial charge in [0.05, 0.1) is 6.54 Å². The zero-order chi connectivity index (χ0) is 21.6. The first-order valence-corrected chi connectivity index (χ1v) is 9.30. The van der Waals surface area contributed by atoms with Crippen LogP contribution in [0.2, 0.25) is 0 Å². The summed E-state index contributed by atoms with van der Waals surface area (Å²) in [6.45, 7) is 2.46. The number of amides is 2. The highest BCUT2D eigenvalue weighted by Gasteiger charge is 2.31. The Morgan fingerprint density at radius 3 is 2.48 bits per heavy atom. The molecule has 1 N–H and O–H groups in total. The maximum atomic E-state index is 13.0. The molecule has 1 heterocycles. The Hall–Kier alpha value is -2.84. The molecule has 0 fully saturated rings. The second kappa shape index (κ2) is 9.58. The minimum atomic E-state index is -4.39. The Morgan fingerprint density at radius 2 is 1.90 bits per heavy atom. The number of imidazole rings is 1. The maximum Gasteiger partial charge on any atom is 0.406 e. The molecule has 0 saturated heterocycles. The van der Waals surface area contributed by atoms with Crippen LogP contribution in [0.3, 0.4) is 0 Å². The summed E-state index contributed by atoms with van der Waals surface area (Å²) in [6.07, 6.45) is -1.25. The van der Waals surface area contributed by atoms with Crippen LogP contribution < -0.4 is 5.32 Å². The first kappa shape index (κ1) is 22.4. The van der Waals surface area contributed by atoms with E-state index in [1.54, 1.807) is 30.3 Å². The largest absolute Gasteiger partial charge is 0.406 e. The third-order valence-corrected chi connectivity index (χ3v) is 4.71. The van der Waals surface area contributed by atoms with Crippen molar-refractivity contribution in [1.29, 1.82) is 0 Å². The average molecular weight is 410 g/mol. The highest BCUT2D eigenvalue weighted by atomic mass is 19.4. The SMILES string of the molecule is CCC(C)C(NC(=O)c1ccccc1)C(=O)N(C)Cc1nccn1CC(F)(F)F. The molecule has 2 unspecified atom stereocenters. The van der Waals surface area contributed by atoms with Crippen LogP contribution >= 0.6 is 0 Å². The smallest absolute Gasteiger partial charge is 0.340 e. The van der Waals surface area contributed by atoms with E-state index < -0.39 is 18.8 Å². The molecule has 2 aromatic rings. The monoisotopic (exact) mass is 410 g/mol. The quantitative estimate of drug-likeness (QED) is 0.727. The first-order valence-electron chi connectivity index (χ1n) is 9.30. The van der Waals surface area contributed by atoms with Gasteiger partial charge in [-0.1, -0.05) is 38.5 Å². The van der Waals surface area contributed by atoms with E-state index in [-0.39, 0.29) is 30.1 Å². The van der Waals surface area contributed by atoms with Gasteiger partial charge in [-0.2, -0.15) is 13.2 Å². The van der Waals surface area contributed by atoms with E-state index in [1.807, 2.05) is 13.8 Å². The average Bonchev–Trinajstić information content (AvgIpc) is 3.10. The molecule has 29 heavy (non-hydrogen) atoms. The van der Waals surface area contributed by atoms with Gasteiger partial charge in [-0.25, -0.2) is 4.98 Å². The Morgan fingerprint density at radius 1 is 1.24 bits per heavy atom. The van der Waals surface area contributed by atoms with E-state index in [9.17, 15) is 22.8 Å². The van der Waals surface area contributed by atoms with Gasteiger partial charge < -0.3 is 14.8 Å². The fourth-order valence-corrected chi connectivity index (χ4v) is 2.85. The van der Waals surface area contributed by atoms with E-state index in [1.165, 1.54) is 24.3 Å². The molecule has 2 atom stereocenters. The molecule has 1 aromatic carbocycles. The summed E-state index contributed by atoms with van der Waals surface area (Å²) >= 11 is 0. The first-order chi connectivity index (χ1) is 13.6. The van der Waals surface area contributed by atoms with E-state index in [2.05, 4.69) is 10.3 Å². The summed E-state index contributed by atoms with van der Waals surface area (Å²) in [7, 11) is 1.49. The van der Waals surface area contributed by atoms with Crippen molar-refractivity contribution in [2.75, 3.05) is 7.05 Å². The lowest BCUT2D eigenvalue weighted by Gasteiger charge is -2.28. The van der Waals surface area contributed by atoms with Crippen molar-refractivity contribution in [3.63, 3.8) is 0 Å². The number of hydrogen-bond donors (Lipinski definition) is 1. The number of benzene rings is 1. The minimum Gasteiger partial charge on any atom is -0.340 e. The van der Waals surface area contributed by atoms with E-state index in [0.29, 0.717) is 12.0 Å². The van der Waals surface area contributed by atoms with Crippen LogP contribution in [0.25, 0.3) is 0 Å². The van der Waals surface area contributed by atoms with E-state index >= 15 is 0 Å². The summed E-state index contributed by atoms with van der Waals surface area (Å²) < 4.78 is 39.1. The van der Waals surface area contributed by atoms with Crippen molar-refractivity contribution in [1.82, 2.24) is 19.8 Å². The van der Waals surface area contributed by atoms with Gasteiger partial charge >= 0.3 is 6.18 Å². The molecule has 1 aromatic heterocycles. The summed E-state index contributed by atoms with van der Waals surface area (Å²) in [6, 6.07) is 7.72. The van der Waals surface area contributed by atoms with Crippen molar-refractivity contribution in [3.8, 4) is 0 Å². The molecule has 6 nitrogen and oxygen atoms in total. The summed E-state index contributed by atoms with van der Waals surface area (Å²) in [4.78, 5) is 30.7. The molecule has 0 bridgehead atoms. The number of aromatic nitrogens is 2. The van der Waals surface area contributed by atoms with Crippen molar-refractivity contribution >= 4 is 11.8 Å². The van der Waals surface area contributed by atoms with Crippen molar-refractivity contribution in [2.45, 2.75) is 45.6 Å². The zero-order valence-corrected chi connectivity index (χ0v) is 16.6. The van der Waals surface area contributed by atoms with Crippen molar-refractivity contribution in [2.24, 2.45) is 5.92 Å². The third kappa shape index (κ3) is 6.33. The zero-order valence-electron chi connectivity index (χ0n) is 16.6. The summed E-state index contributed by atoms with van der Waals surface area (Å²) in [5.41, 5.74) is 0.428. The van der Waals surface area contributed by atoms with Crippen LogP contribution in [-0.4, -0.2) is 45.5 Å². The number of carbonyl (C=O) groups excluding carboxylic acids is 2. The number of rotatable bonds is 8. The minimum absolute atomic E-state index is 0.101. The van der Waals surface area contributed by atoms with Crippen LogP contribution in [0.1, 0.15) is 36.5 Å². The van der Waals surface area contributed by atoms with Crippen molar-refractivity contribution < 1.29 is 22.8 Å². The molecule has 0 saturated carbocycles. The lowest BCUT2D eigenvalue weighted by atomic mass is 9.97. The number of nitrogens with one attached hydrogen (secondary N) is 1. The number of nitrogens with zero attached hydrogens (tertiary/aromatic N) is 3. The third-order valence-electron chi connectivity index (χ3n) is 4.71. The Balaban J connectivity index is 2.13. The van der Waals surface area contributed by atoms with Crippen LogP contribution in [0.4, 0.5) is 13.2 Å². The normalized spacial score (nSPS) is 13.6. The highest BCUT2D eigenvalue weighted by Crippen LogP contribution is 2.19. The second-order valence-electron chi connectivity index (χ2n) is 6.98. The van der Waals surface area contributed by atoms with Crippen LogP contribution in [0.15, 0.2) is 42.7 Å². The van der Waals surface area contributed by atoms with Gasteiger partial charge in [-0.3, -0.25) is 9.59 Å². The molecule has 0 aliphatic rings. The Kier molecular flexibility index (Phi) is 7.41. The molecule has 0 aliphatic heterocycles. The fourth-order valence-electron chi connectivity index (χ4n) is 2.85. The summed E-state index contributed by atoms with van der Waals surface area (Å²) in [5, 5.41) is 2.76. The van der Waals surface area contributed by atoms with Crippen LogP contribution in [0, 0.1) is 5.92 Å². The van der Waals surface area contributed by atoms with Gasteiger partial charge in [0.15, 0.2) is 0 Å². The lowest BCUT2D eigenvalue weighted by molar-refractivity contribution is -0.141. The van der Waals surface area contributed by atoms with Gasteiger partial charge in [0.1, 0.15) is 18.4 Å². The van der Waals surface area contributed by atoms with Crippen LogP contribution in [-0.2, 0) is 17.9 Å².